The van der Waals surface area contributed by atoms with Crippen LogP contribution in [0.25, 0.3) is 0 Å². The molecule has 7 heteroatoms. The number of esters is 2. The van der Waals surface area contributed by atoms with E-state index >= 15 is 0 Å². The summed E-state index contributed by atoms with van der Waals surface area (Å²) in [5, 5.41) is 4.07. The molecule has 0 radical (unpaired) electrons. The number of benzene rings is 1. The standard InChI is InChI=1S/C18H20N2O5/c1-3-24-17(22)14-10-11-20(19-14)15(18(23)25-4-2)12-16(21)13-8-6-5-7-9-13/h5-11,15H,3-4,12H2,1-2H3. The molecular weight excluding hydrogens is 324 g/mol. The van der Waals surface area contributed by atoms with Gasteiger partial charge >= 0.3 is 11.9 Å². The third-order valence-electron chi connectivity index (χ3n) is 3.45. The van der Waals surface area contributed by atoms with Gasteiger partial charge in [-0.25, -0.2) is 9.59 Å². The lowest BCUT2D eigenvalue weighted by Gasteiger charge is -2.15. The van der Waals surface area contributed by atoms with Gasteiger partial charge < -0.3 is 9.47 Å². The van der Waals surface area contributed by atoms with Crippen LogP contribution in [-0.2, 0) is 14.3 Å². The average molecular weight is 344 g/mol. The topological polar surface area (TPSA) is 87.5 Å². The number of carbonyl (C=O) groups excluding carboxylic acids is 3. The first-order valence-corrected chi connectivity index (χ1v) is 8.04. The molecule has 0 N–H and O–H groups in total. The molecule has 0 aliphatic carbocycles. The van der Waals surface area contributed by atoms with Crippen molar-refractivity contribution < 1.29 is 23.9 Å². The summed E-state index contributed by atoms with van der Waals surface area (Å²) in [5.41, 5.74) is 0.567. The molecule has 132 valence electrons. The number of nitrogens with zero attached hydrogens (tertiary/aromatic N) is 2. The molecule has 0 fully saturated rings. The molecule has 0 amide bonds. The predicted octanol–water partition coefficient (Wildman–Crippen LogP) is 2.44. The van der Waals surface area contributed by atoms with Gasteiger partial charge in [-0.1, -0.05) is 30.3 Å². The minimum absolute atomic E-state index is 0.0725. The number of aromatic nitrogens is 2. The number of hydrogen-bond donors (Lipinski definition) is 0. The summed E-state index contributed by atoms with van der Waals surface area (Å²) in [5.74, 6) is -1.38. The lowest BCUT2D eigenvalue weighted by Crippen LogP contribution is -2.25. The van der Waals surface area contributed by atoms with Crippen LogP contribution in [-0.4, -0.2) is 40.7 Å². The number of rotatable bonds is 8. The minimum atomic E-state index is -0.948. The Bertz CT molecular complexity index is 739. The summed E-state index contributed by atoms with van der Waals surface area (Å²) in [6.45, 7) is 3.77. The highest BCUT2D eigenvalue weighted by Crippen LogP contribution is 2.18. The predicted molar refractivity (Wildman–Crippen MR) is 89.2 cm³/mol. The summed E-state index contributed by atoms with van der Waals surface area (Å²) < 4.78 is 11.2. The van der Waals surface area contributed by atoms with Crippen LogP contribution in [0.3, 0.4) is 0 Å². The van der Waals surface area contributed by atoms with Crippen LogP contribution >= 0.6 is 0 Å². The van der Waals surface area contributed by atoms with Crippen molar-refractivity contribution in [2.45, 2.75) is 26.3 Å². The Morgan fingerprint density at radius 2 is 1.72 bits per heavy atom. The van der Waals surface area contributed by atoms with Crippen molar-refractivity contribution in [3.8, 4) is 0 Å². The third-order valence-corrected chi connectivity index (χ3v) is 3.45. The number of ether oxygens (including phenoxy) is 2. The molecule has 0 aliphatic heterocycles. The van der Waals surface area contributed by atoms with E-state index in [4.69, 9.17) is 9.47 Å². The first-order chi connectivity index (χ1) is 12.1. The number of ketones is 1. The van der Waals surface area contributed by atoms with E-state index in [0.717, 1.165) is 0 Å². The van der Waals surface area contributed by atoms with Crippen LogP contribution in [0.15, 0.2) is 42.6 Å². The average Bonchev–Trinajstić information content (AvgIpc) is 3.10. The van der Waals surface area contributed by atoms with E-state index in [2.05, 4.69) is 5.10 Å². The SMILES string of the molecule is CCOC(=O)c1ccn(C(CC(=O)c2ccccc2)C(=O)OCC)n1. The second-order valence-electron chi connectivity index (χ2n) is 5.16. The normalized spacial score (nSPS) is 11.6. The highest BCUT2D eigenvalue weighted by atomic mass is 16.5. The van der Waals surface area contributed by atoms with Gasteiger partial charge in [-0.3, -0.25) is 9.48 Å². The maximum Gasteiger partial charge on any atom is 0.358 e. The molecule has 7 nitrogen and oxygen atoms in total. The van der Waals surface area contributed by atoms with Crippen LogP contribution < -0.4 is 0 Å². The molecule has 1 heterocycles. The molecule has 0 aliphatic rings. The van der Waals surface area contributed by atoms with Gasteiger partial charge in [0.1, 0.15) is 0 Å². The minimum Gasteiger partial charge on any atom is -0.464 e. The van der Waals surface area contributed by atoms with Gasteiger partial charge in [0, 0.05) is 18.2 Å². The van der Waals surface area contributed by atoms with Gasteiger partial charge in [0.15, 0.2) is 17.5 Å². The molecule has 0 spiro atoms. The zero-order valence-corrected chi connectivity index (χ0v) is 14.2. The quantitative estimate of drug-likeness (QED) is 0.540. The van der Waals surface area contributed by atoms with Gasteiger partial charge in [0.25, 0.3) is 0 Å². The molecule has 1 atom stereocenters. The second kappa shape index (κ2) is 8.77. The van der Waals surface area contributed by atoms with Crippen molar-refractivity contribution in [3.63, 3.8) is 0 Å². The van der Waals surface area contributed by atoms with E-state index < -0.39 is 18.0 Å². The van der Waals surface area contributed by atoms with Crippen LogP contribution in [0.1, 0.15) is 47.2 Å². The van der Waals surface area contributed by atoms with Crippen molar-refractivity contribution in [1.29, 1.82) is 0 Å². The fraction of sp³-hybridized carbons (Fsp3) is 0.333. The number of Topliss-reactive ketones (excluding diaryl/α,β-unsaturated/α-hetero) is 1. The fourth-order valence-electron chi connectivity index (χ4n) is 2.27. The van der Waals surface area contributed by atoms with Crippen molar-refractivity contribution in [2.24, 2.45) is 0 Å². The fourth-order valence-corrected chi connectivity index (χ4v) is 2.27. The van der Waals surface area contributed by atoms with Crippen LogP contribution in [0.5, 0.6) is 0 Å². The Morgan fingerprint density at radius 3 is 2.36 bits per heavy atom. The zero-order chi connectivity index (χ0) is 18.2. The van der Waals surface area contributed by atoms with E-state index in [1.807, 2.05) is 0 Å². The largest absolute Gasteiger partial charge is 0.464 e. The van der Waals surface area contributed by atoms with Gasteiger partial charge in [-0.15, -0.1) is 0 Å². The molecule has 1 aromatic heterocycles. The highest BCUT2D eigenvalue weighted by Gasteiger charge is 2.27. The Morgan fingerprint density at radius 1 is 1.04 bits per heavy atom. The second-order valence-corrected chi connectivity index (χ2v) is 5.16. The number of carbonyl (C=O) groups is 3. The van der Waals surface area contributed by atoms with Gasteiger partial charge in [0.05, 0.1) is 13.2 Å². The molecule has 2 aromatic rings. The van der Waals surface area contributed by atoms with Crippen molar-refractivity contribution >= 4 is 17.7 Å². The zero-order valence-electron chi connectivity index (χ0n) is 14.2. The lowest BCUT2D eigenvalue weighted by atomic mass is 10.0. The maximum atomic E-state index is 12.4. The lowest BCUT2D eigenvalue weighted by molar-refractivity contribution is -0.147. The van der Waals surface area contributed by atoms with E-state index in [0.29, 0.717) is 5.56 Å². The third kappa shape index (κ3) is 4.76. The molecule has 0 saturated heterocycles. The molecule has 2 rings (SSSR count). The maximum absolute atomic E-state index is 12.4. The van der Waals surface area contributed by atoms with Gasteiger partial charge in [-0.2, -0.15) is 5.10 Å². The number of hydrogen-bond acceptors (Lipinski definition) is 6. The van der Waals surface area contributed by atoms with Crippen molar-refractivity contribution in [3.05, 3.63) is 53.9 Å². The summed E-state index contributed by atoms with van der Waals surface area (Å²) in [6, 6.07) is 9.15. The molecule has 1 aromatic carbocycles. The molecule has 0 saturated carbocycles. The first kappa shape index (κ1) is 18.4. The highest BCUT2D eigenvalue weighted by molar-refractivity contribution is 5.98. The Balaban J connectivity index is 2.23. The van der Waals surface area contributed by atoms with Crippen LogP contribution in [0.4, 0.5) is 0 Å². The Hall–Kier alpha value is -2.96. The van der Waals surface area contributed by atoms with Crippen molar-refractivity contribution in [1.82, 2.24) is 9.78 Å². The summed E-state index contributed by atoms with van der Waals surface area (Å²) >= 11 is 0. The van der Waals surface area contributed by atoms with E-state index in [-0.39, 0.29) is 31.1 Å². The van der Waals surface area contributed by atoms with Crippen molar-refractivity contribution in [2.75, 3.05) is 13.2 Å². The van der Waals surface area contributed by atoms with E-state index in [1.54, 1.807) is 44.2 Å². The van der Waals surface area contributed by atoms with Crippen LogP contribution in [0.2, 0.25) is 0 Å². The smallest absolute Gasteiger partial charge is 0.358 e. The molecular formula is C18H20N2O5. The molecule has 0 bridgehead atoms. The monoisotopic (exact) mass is 344 g/mol. The van der Waals surface area contributed by atoms with Gasteiger partial charge in [0.2, 0.25) is 0 Å². The first-order valence-electron chi connectivity index (χ1n) is 8.04. The molecule has 25 heavy (non-hydrogen) atoms. The molecule has 1 unspecified atom stereocenters. The van der Waals surface area contributed by atoms with Gasteiger partial charge in [-0.05, 0) is 19.9 Å². The summed E-state index contributed by atoms with van der Waals surface area (Å²) in [4.78, 5) is 36.4. The Labute approximate surface area is 145 Å². The summed E-state index contributed by atoms with van der Waals surface area (Å²) in [7, 11) is 0. The Kier molecular flexibility index (Phi) is 6.45. The van der Waals surface area contributed by atoms with E-state index in [9.17, 15) is 14.4 Å². The van der Waals surface area contributed by atoms with Crippen LogP contribution in [0, 0.1) is 0 Å². The van der Waals surface area contributed by atoms with E-state index in [1.165, 1.54) is 16.9 Å². The summed E-state index contributed by atoms with van der Waals surface area (Å²) in [6.07, 6.45) is 1.35.